The van der Waals surface area contributed by atoms with Gasteiger partial charge in [0.15, 0.2) is 23.9 Å². The first kappa shape index (κ1) is 16.7. The molecule has 25 heavy (non-hydrogen) atoms. The Kier molecular flexibility index (Phi) is 4.82. The molecule has 3 rings (SSSR count). The normalized spacial score (nSPS) is 12.1. The van der Waals surface area contributed by atoms with Gasteiger partial charge in [0, 0.05) is 20.5 Å². The summed E-state index contributed by atoms with van der Waals surface area (Å²) in [6.07, 6.45) is 0.776. The van der Waals surface area contributed by atoms with Crippen LogP contribution in [0, 0.1) is 0 Å². The highest BCUT2D eigenvalue weighted by Gasteiger charge is 2.14. The second-order valence-corrected chi connectivity index (χ2v) is 5.65. The highest BCUT2D eigenvalue weighted by molar-refractivity contribution is 5.69. The molecule has 132 valence electrons. The first-order valence-corrected chi connectivity index (χ1v) is 7.73. The van der Waals surface area contributed by atoms with Gasteiger partial charge in [0.05, 0.1) is 0 Å². The number of aromatic nitrogens is 3. The lowest BCUT2D eigenvalue weighted by atomic mass is 10.1. The number of nitrogens with zero attached hydrogens (tertiary/aromatic N) is 4. The molecule has 0 bridgehead atoms. The van der Waals surface area contributed by atoms with Crippen molar-refractivity contribution in [2.45, 2.75) is 19.4 Å². The first-order valence-electron chi connectivity index (χ1n) is 7.73. The van der Waals surface area contributed by atoms with Gasteiger partial charge in [-0.1, -0.05) is 6.07 Å². The number of nitrogen functional groups attached to an aromatic ring is 1. The average Bonchev–Trinajstić information content (AvgIpc) is 3.05. The van der Waals surface area contributed by atoms with Crippen molar-refractivity contribution in [3.63, 3.8) is 0 Å². The zero-order valence-corrected chi connectivity index (χ0v) is 14.1. The molecule has 1 aliphatic rings. The van der Waals surface area contributed by atoms with Crippen LogP contribution < -0.4 is 20.1 Å². The predicted octanol–water partition coefficient (Wildman–Crippen LogP) is 0.924. The summed E-state index contributed by atoms with van der Waals surface area (Å²) >= 11 is 0. The second kappa shape index (κ2) is 7.20. The third-order valence-corrected chi connectivity index (χ3v) is 3.50. The molecular formula is C16H19N5O4. The molecule has 0 saturated carbocycles. The summed E-state index contributed by atoms with van der Waals surface area (Å²) in [5.41, 5.74) is 6.60. The third-order valence-electron chi connectivity index (χ3n) is 3.50. The molecule has 0 radical (unpaired) electrons. The van der Waals surface area contributed by atoms with Crippen LogP contribution in [-0.2, 0) is 22.6 Å². The van der Waals surface area contributed by atoms with E-state index < -0.39 is 0 Å². The fourth-order valence-electron chi connectivity index (χ4n) is 2.25. The van der Waals surface area contributed by atoms with Crippen molar-refractivity contribution < 1.29 is 19.0 Å². The van der Waals surface area contributed by atoms with E-state index in [-0.39, 0.29) is 31.7 Å². The lowest BCUT2D eigenvalue weighted by Crippen LogP contribution is -2.17. The lowest BCUT2D eigenvalue weighted by Gasteiger charge is -2.11. The molecule has 1 aromatic carbocycles. The number of hydrogen-bond acceptors (Lipinski definition) is 9. The number of fused-ring (bicyclic) bond motifs is 1. The third kappa shape index (κ3) is 4.25. The van der Waals surface area contributed by atoms with Crippen LogP contribution in [0.2, 0.25) is 0 Å². The Labute approximate surface area is 144 Å². The van der Waals surface area contributed by atoms with Crippen molar-refractivity contribution in [1.29, 1.82) is 0 Å². The predicted molar refractivity (Wildman–Crippen MR) is 89.2 cm³/mol. The monoisotopic (exact) mass is 345 g/mol. The molecule has 1 aromatic heterocycles. The minimum atomic E-state index is -0.344. The number of aryl methyl sites for hydroxylation is 1. The Morgan fingerprint density at radius 2 is 2.04 bits per heavy atom. The van der Waals surface area contributed by atoms with Crippen molar-refractivity contribution in [1.82, 2.24) is 15.0 Å². The zero-order valence-electron chi connectivity index (χ0n) is 14.1. The fourth-order valence-corrected chi connectivity index (χ4v) is 2.25. The SMILES string of the molecule is CN(C)c1nc(N)nc(COC(=O)CCc2ccc3c(c2)OCO3)n1. The van der Waals surface area contributed by atoms with Gasteiger partial charge >= 0.3 is 5.97 Å². The lowest BCUT2D eigenvalue weighted by molar-refractivity contribution is -0.145. The van der Waals surface area contributed by atoms with E-state index in [1.165, 1.54) is 0 Å². The van der Waals surface area contributed by atoms with Gasteiger partial charge in [-0.3, -0.25) is 4.79 Å². The van der Waals surface area contributed by atoms with Gasteiger partial charge in [-0.2, -0.15) is 15.0 Å². The van der Waals surface area contributed by atoms with Crippen LogP contribution in [-0.4, -0.2) is 41.8 Å². The Morgan fingerprint density at radius 3 is 2.84 bits per heavy atom. The van der Waals surface area contributed by atoms with E-state index in [2.05, 4.69) is 15.0 Å². The summed E-state index contributed by atoms with van der Waals surface area (Å²) in [6, 6.07) is 5.60. The number of anilines is 2. The number of hydrogen-bond donors (Lipinski definition) is 1. The number of esters is 1. The maximum Gasteiger partial charge on any atom is 0.306 e. The fraction of sp³-hybridized carbons (Fsp3) is 0.375. The molecule has 0 amide bonds. The molecule has 2 heterocycles. The van der Waals surface area contributed by atoms with Gasteiger partial charge in [-0.15, -0.1) is 0 Å². The molecule has 0 atom stereocenters. The van der Waals surface area contributed by atoms with Crippen LogP contribution in [0.25, 0.3) is 0 Å². The molecule has 0 unspecified atom stereocenters. The number of rotatable bonds is 6. The van der Waals surface area contributed by atoms with E-state index in [0.29, 0.717) is 23.9 Å². The van der Waals surface area contributed by atoms with Gasteiger partial charge in [0.2, 0.25) is 18.7 Å². The Bertz CT molecular complexity index is 781. The van der Waals surface area contributed by atoms with Crippen LogP contribution in [0.15, 0.2) is 18.2 Å². The summed E-state index contributed by atoms with van der Waals surface area (Å²) in [7, 11) is 3.58. The largest absolute Gasteiger partial charge is 0.457 e. The van der Waals surface area contributed by atoms with Crippen molar-refractivity contribution >= 4 is 17.9 Å². The maximum absolute atomic E-state index is 11.9. The van der Waals surface area contributed by atoms with Crippen molar-refractivity contribution in [3.05, 3.63) is 29.6 Å². The van der Waals surface area contributed by atoms with Crippen LogP contribution >= 0.6 is 0 Å². The summed E-state index contributed by atoms with van der Waals surface area (Å²) in [4.78, 5) is 25.8. The summed E-state index contributed by atoms with van der Waals surface area (Å²) in [6.45, 7) is 0.179. The van der Waals surface area contributed by atoms with Gasteiger partial charge in [0.1, 0.15) is 0 Å². The van der Waals surface area contributed by atoms with Crippen molar-refractivity contribution in [3.8, 4) is 11.5 Å². The minimum Gasteiger partial charge on any atom is -0.457 e. The number of ether oxygens (including phenoxy) is 3. The quantitative estimate of drug-likeness (QED) is 0.764. The van der Waals surface area contributed by atoms with Crippen LogP contribution in [0.5, 0.6) is 11.5 Å². The molecule has 9 heteroatoms. The van der Waals surface area contributed by atoms with E-state index in [9.17, 15) is 4.79 Å². The summed E-state index contributed by atoms with van der Waals surface area (Å²) in [5.74, 6) is 1.89. The number of carbonyl (C=O) groups is 1. The van der Waals surface area contributed by atoms with Gasteiger partial charge in [-0.05, 0) is 24.1 Å². The molecular weight excluding hydrogens is 326 g/mol. The zero-order chi connectivity index (χ0) is 17.8. The number of carbonyl (C=O) groups excluding carboxylic acids is 1. The number of nitrogens with two attached hydrogens (primary N) is 1. The molecule has 2 N–H and O–H groups in total. The van der Waals surface area contributed by atoms with Crippen molar-refractivity contribution in [2.75, 3.05) is 31.5 Å². The van der Waals surface area contributed by atoms with Crippen LogP contribution in [0.3, 0.4) is 0 Å². The standard InChI is InChI=1S/C16H19N5O4/c1-21(2)16-19-13(18-15(17)20-16)8-23-14(22)6-4-10-3-5-11-12(7-10)25-9-24-11/h3,5,7H,4,6,8-9H2,1-2H3,(H2,17,18,19,20). The highest BCUT2D eigenvalue weighted by Crippen LogP contribution is 2.32. The Morgan fingerprint density at radius 1 is 1.24 bits per heavy atom. The molecule has 0 fully saturated rings. The average molecular weight is 345 g/mol. The molecule has 9 nitrogen and oxygen atoms in total. The maximum atomic E-state index is 11.9. The van der Waals surface area contributed by atoms with E-state index >= 15 is 0 Å². The topological polar surface area (TPSA) is 113 Å². The summed E-state index contributed by atoms with van der Waals surface area (Å²) in [5, 5.41) is 0. The number of benzene rings is 1. The molecule has 2 aromatic rings. The summed E-state index contributed by atoms with van der Waals surface area (Å²) < 4.78 is 15.8. The second-order valence-electron chi connectivity index (χ2n) is 5.65. The van der Waals surface area contributed by atoms with E-state index in [0.717, 1.165) is 11.3 Å². The minimum absolute atomic E-state index is 0.0481. The molecule has 0 spiro atoms. The molecule has 0 aliphatic carbocycles. The van der Waals surface area contributed by atoms with E-state index in [4.69, 9.17) is 19.9 Å². The Balaban J connectivity index is 1.51. The molecule has 0 saturated heterocycles. The Hall–Kier alpha value is -3.10. The van der Waals surface area contributed by atoms with E-state index in [1.807, 2.05) is 18.2 Å². The van der Waals surface area contributed by atoms with Crippen LogP contribution in [0.4, 0.5) is 11.9 Å². The smallest absolute Gasteiger partial charge is 0.306 e. The highest BCUT2D eigenvalue weighted by atomic mass is 16.7. The van der Waals surface area contributed by atoms with Gasteiger partial charge in [0.25, 0.3) is 0 Å². The van der Waals surface area contributed by atoms with Gasteiger partial charge < -0.3 is 24.8 Å². The van der Waals surface area contributed by atoms with E-state index in [1.54, 1.807) is 19.0 Å². The van der Waals surface area contributed by atoms with Crippen LogP contribution in [0.1, 0.15) is 17.8 Å². The first-order chi connectivity index (χ1) is 12.0. The molecule has 1 aliphatic heterocycles. The van der Waals surface area contributed by atoms with Gasteiger partial charge in [-0.25, -0.2) is 0 Å². The van der Waals surface area contributed by atoms with Crippen molar-refractivity contribution in [2.24, 2.45) is 0 Å².